The number of carbonyl (C=O) groups is 1. The van der Waals surface area contributed by atoms with Gasteiger partial charge in [0, 0.05) is 37.2 Å². The monoisotopic (exact) mass is 369 g/mol. The van der Waals surface area contributed by atoms with Gasteiger partial charge in [0.15, 0.2) is 0 Å². The van der Waals surface area contributed by atoms with E-state index in [0.717, 1.165) is 17.0 Å². The zero-order valence-corrected chi connectivity index (χ0v) is 14.3. The predicted molar refractivity (Wildman–Crippen MR) is 90.2 cm³/mol. The van der Waals surface area contributed by atoms with Crippen LogP contribution in [0, 0.1) is 5.82 Å². The molecule has 0 aliphatic carbocycles. The number of benzene rings is 1. The van der Waals surface area contributed by atoms with Crippen molar-refractivity contribution in [3.63, 3.8) is 0 Å². The third-order valence-electron chi connectivity index (χ3n) is 3.89. The molecule has 1 fully saturated rings. The first kappa shape index (κ1) is 16.9. The van der Waals surface area contributed by atoms with Crippen LogP contribution in [0.15, 0.2) is 40.6 Å². The molecule has 1 aromatic heterocycles. The van der Waals surface area contributed by atoms with Crippen molar-refractivity contribution in [2.75, 3.05) is 31.1 Å². The number of nitrogens with zero attached hydrogens (tertiary/aromatic N) is 2. The minimum Gasteiger partial charge on any atom is -0.369 e. The second kappa shape index (κ2) is 6.50. The summed E-state index contributed by atoms with van der Waals surface area (Å²) in [5.74, 6) is -0.940. The van der Waals surface area contributed by atoms with E-state index in [1.54, 1.807) is 12.1 Å². The molecule has 0 unspecified atom stereocenters. The number of thiophene rings is 1. The molecule has 0 radical (unpaired) electrons. The molecule has 0 spiro atoms. The Kier molecular flexibility index (Phi) is 4.57. The highest BCUT2D eigenvalue weighted by atomic mass is 32.2. The highest BCUT2D eigenvalue weighted by Gasteiger charge is 2.29. The van der Waals surface area contributed by atoms with Gasteiger partial charge in [-0.25, -0.2) is 12.8 Å². The summed E-state index contributed by atoms with van der Waals surface area (Å²) >= 11 is 1.02. The highest BCUT2D eigenvalue weighted by molar-refractivity contribution is 7.89. The Labute approximate surface area is 143 Å². The van der Waals surface area contributed by atoms with E-state index in [0.29, 0.717) is 26.2 Å². The number of amides is 1. The Hall–Kier alpha value is -1.97. The molecule has 2 N–H and O–H groups in total. The average molecular weight is 369 g/mol. The van der Waals surface area contributed by atoms with Gasteiger partial charge in [0.25, 0.3) is 5.91 Å². The fourth-order valence-corrected chi connectivity index (χ4v) is 5.11. The third kappa shape index (κ3) is 3.28. The zero-order valence-electron chi connectivity index (χ0n) is 12.7. The molecule has 1 saturated heterocycles. The number of sulfonamides is 1. The van der Waals surface area contributed by atoms with Crippen molar-refractivity contribution < 1.29 is 17.6 Å². The number of anilines is 1. The van der Waals surface area contributed by atoms with Gasteiger partial charge in [0.1, 0.15) is 5.82 Å². The Morgan fingerprint density at radius 1 is 1.12 bits per heavy atom. The van der Waals surface area contributed by atoms with E-state index < -0.39 is 15.9 Å². The standard InChI is InChI=1S/C15H16FN3O3S2/c16-11-1-3-12(4-2-11)18-5-7-19(8-6-18)24(21,22)13-9-14(15(17)20)23-10-13/h1-4,9-10H,5-8H2,(H2,17,20). The van der Waals surface area contributed by atoms with Crippen molar-refractivity contribution in [1.29, 1.82) is 0 Å². The minimum absolute atomic E-state index is 0.0940. The molecule has 0 bridgehead atoms. The Balaban J connectivity index is 1.71. The van der Waals surface area contributed by atoms with Crippen LogP contribution in [0.2, 0.25) is 0 Å². The molecule has 2 aromatic rings. The van der Waals surface area contributed by atoms with E-state index >= 15 is 0 Å². The third-order valence-corrected chi connectivity index (χ3v) is 6.86. The van der Waals surface area contributed by atoms with Crippen LogP contribution >= 0.6 is 11.3 Å². The summed E-state index contributed by atoms with van der Waals surface area (Å²) in [6.45, 7) is 1.66. The normalized spacial score (nSPS) is 16.3. The molecule has 128 valence electrons. The first-order valence-electron chi connectivity index (χ1n) is 7.27. The van der Waals surface area contributed by atoms with Crippen LogP contribution in [0.1, 0.15) is 9.67 Å². The van der Waals surface area contributed by atoms with Gasteiger partial charge >= 0.3 is 0 Å². The lowest BCUT2D eigenvalue weighted by Crippen LogP contribution is -2.48. The van der Waals surface area contributed by atoms with E-state index in [2.05, 4.69) is 0 Å². The summed E-state index contributed by atoms with van der Waals surface area (Å²) in [6, 6.07) is 7.44. The lowest BCUT2D eigenvalue weighted by Gasteiger charge is -2.35. The topological polar surface area (TPSA) is 83.7 Å². The van der Waals surface area contributed by atoms with E-state index in [-0.39, 0.29) is 15.6 Å². The predicted octanol–water partition coefficient (Wildman–Crippen LogP) is 1.50. The Morgan fingerprint density at radius 2 is 1.75 bits per heavy atom. The van der Waals surface area contributed by atoms with Gasteiger partial charge in [-0.2, -0.15) is 4.31 Å². The largest absolute Gasteiger partial charge is 0.369 e. The quantitative estimate of drug-likeness (QED) is 0.885. The van der Waals surface area contributed by atoms with Crippen molar-refractivity contribution >= 4 is 33.0 Å². The lowest BCUT2D eigenvalue weighted by atomic mass is 10.2. The summed E-state index contributed by atoms with van der Waals surface area (Å²) in [5, 5.41) is 1.43. The van der Waals surface area contributed by atoms with E-state index in [4.69, 9.17) is 5.73 Å². The summed E-state index contributed by atoms with van der Waals surface area (Å²) in [4.78, 5) is 13.5. The molecule has 3 rings (SSSR count). The zero-order chi connectivity index (χ0) is 17.3. The van der Waals surface area contributed by atoms with Gasteiger partial charge in [0.05, 0.1) is 9.77 Å². The molecule has 6 nitrogen and oxygen atoms in total. The minimum atomic E-state index is -3.64. The van der Waals surface area contributed by atoms with Crippen LogP contribution in [0.3, 0.4) is 0 Å². The van der Waals surface area contributed by atoms with Crippen LogP contribution in [0.4, 0.5) is 10.1 Å². The average Bonchev–Trinajstić information content (AvgIpc) is 3.07. The molecular weight excluding hydrogens is 353 g/mol. The van der Waals surface area contributed by atoms with Crippen LogP contribution in [-0.2, 0) is 10.0 Å². The SMILES string of the molecule is NC(=O)c1cc(S(=O)(=O)N2CCN(c3ccc(F)cc3)CC2)cs1. The number of rotatable bonds is 4. The molecule has 0 atom stereocenters. The smallest absolute Gasteiger partial charge is 0.258 e. The molecule has 1 aliphatic rings. The van der Waals surface area contributed by atoms with Crippen molar-refractivity contribution in [2.24, 2.45) is 5.73 Å². The number of primary amides is 1. The van der Waals surface area contributed by atoms with E-state index in [9.17, 15) is 17.6 Å². The van der Waals surface area contributed by atoms with Crippen LogP contribution < -0.4 is 10.6 Å². The van der Waals surface area contributed by atoms with Gasteiger partial charge in [-0.1, -0.05) is 0 Å². The van der Waals surface area contributed by atoms with Crippen LogP contribution in [0.5, 0.6) is 0 Å². The van der Waals surface area contributed by atoms with E-state index in [1.807, 2.05) is 4.90 Å². The number of hydrogen-bond acceptors (Lipinski definition) is 5. The number of piperazine rings is 1. The molecule has 2 heterocycles. The maximum absolute atomic E-state index is 13.0. The maximum Gasteiger partial charge on any atom is 0.258 e. The number of carbonyl (C=O) groups excluding carboxylic acids is 1. The molecule has 0 saturated carbocycles. The molecular formula is C15H16FN3O3S2. The summed E-state index contributed by atoms with van der Waals surface area (Å²) in [5.41, 5.74) is 6.03. The molecule has 9 heteroatoms. The number of nitrogens with two attached hydrogens (primary N) is 1. The first-order chi connectivity index (χ1) is 11.4. The number of hydrogen-bond donors (Lipinski definition) is 1. The van der Waals surface area contributed by atoms with Crippen molar-refractivity contribution in [1.82, 2.24) is 4.31 Å². The Morgan fingerprint density at radius 3 is 2.29 bits per heavy atom. The highest BCUT2D eigenvalue weighted by Crippen LogP contribution is 2.24. The van der Waals surface area contributed by atoms with Gasteiger partial charge in [-0.15, -0.1) is 11.3 Å². The summed E-state index contributed by atoms with van der Waals surface area (Å²) in [7, 11) is -3.64. The number of halogens is 1. The second-order valence-electron chi connectivity index (χ2n) is 5.38. The fraction of sp³-hybridized carbons (Fsp3) is 0.267. The van der Waals surface area contributed by atoms with Crippen molar-refractivity contribution in [3.05, 3.63) is 46.4 Å². The van der Waals surface area contributed by atoms with Gasteiger partial charge in [-0.05, 0) is 30.3 Å². The Bertz CT molecular complexity index is 841. The molecule has 1 aliphatic heterocycles. The van der Waals surface area contributed by atoms with Gasteiger partial charge in [-0.3, -0.25) is 4.79 Å². The maximum atomic E-state index is 13.0. The molecule has 1 amide bonds. The first-order valence-corrected chi connectivity index (χ1v) is 9.59. The summed E-state index contributed by atoms with van der Waals surface area (Å²) < 4.78 is 39.6. The van der Waals surface area contributed by atoms with Crippen LogP contribution in [-0.4, -0.2) is 44.8 Å². The fourth-order valence-electron chi connectivity index (χ4n) is 2.57. The van der Waals surface area contributed by atoms with Gasteiger partial charge in [0.2, 0.25) is 10.0 Å². The van der Waals surface area contributed by atoms with Crippen LogP contribution in [0.25, 0.3) is 0 Å². The lowest BCUT2D eigenvalue weighted by molar-refractivity contribution is 0.100. The van der Waals surface area contributed by atoms with Crippen molar-refractivity contribution in [2.45, 2.75) is 4.90 Å². The van der Waals surface area contributed by atoms with Crippen molar-refractivity contribution in [3.8, 4) is 0 Å². The van der Waals surface area contributed by atoms with E-state index in [1.165, 1.54) is 27.9 Å². The molecule has 24 heavy (non-hydrogen) atoms. The molecule has 1 aromatic carbocycles. The van der Waals surface area contributed by atoms with Gasteiger partial charge < -0.3 is 10.6 Å². The summed E-state index contributed by atoms with van der Waals surface area (Å²) in [6.07, 6.45) is 0. The second-order valence-corrected chi connectivity index (χ2v) is 8.23.